The minimum absolute atomic E-state index is 0.0460. The summed E-state index contributed by atoms with van der Waals surface area (Å²) in [5.41, 5.74) is 8.83. The van der Waals surface area contributed by atoms with Gasteiger partial charge in [-0.3, -0.25) is 0 Å². The minimum Gasteiger partial charge on any atom is -0.478 e. The first-order chi connectivity index (χ1) is 10.8. The van der Waals surface area contributed by atoms with E-state index in [4.69, 9.17) is 5.73 Å². The molecule has 0 aliphatic rings. The van der Waals surface area contributed by atoms with E-state index in [2.05, 4.69) is 20.8 Å². The number of carboxylic acid groups (broad SMARTS) is 1. The fourth-order valence-corrected chi connectivity index (χ4v) is 2.98. The van der Waals surface area contributed by atoms with E-state index >= 15 is 0 Å². The standard InChI is InChI=1S/C18H26N2O3/c1-18(2,3)15-10-13(17(22)23)9-14-12(5-4-6-19)11-20(7-8-21)16(14)15/h9-11,21H,4-8,19H2,1-3H3,(H,22,23). The molecule has 23 heavy (non-hydrogen) atoms. The van der Waals surface area contributed by atoms with Crippen LogP contribution in [0.15, 0.2) is 18.3 Å². The van der Waals surface area contributed by atoms with Gasteiger partial charge < -0.3 is 20.5 Å². The topological polar surface area (TPSA) is 88.5 Å². The smallest absolute Gasteiger partial charge is 0.335 e. The summed E-state index contributed by atoms with van der Waals surface area (Å²) in [6.45, 7) is 7.35. The van der Waals surface area contributed by atoms with Crippen molar-refractivity contribution in [2.75, 3.05) is 13.2 Å². The van der Waals surface area contributed by atoms with Gasteiger partial charge in [0.05, 0.1) is 17.7 Å². The molecule has 0 unspecified atom stereocenters. The van der Waals surface area contributed by atoms with Crippen molar-refractivity contribution in [3.8, 4) is 0 Å². The number of nitrogens with zero attached hydrogens (tertiary/aromatic N) is 1. The fourth-order valence-electron chi connectivity index (χ4n) is 2.98. The van der Waals surface area contributed by atoms with E-state index in [9.17, 15) is 15.0 Å². The van der Waals surface area contributed by atoms with Crippen molar-refractivity contribution in [2.24, 2.45) is 5.73 Å². The lowest BCUT2D eigenvalue weighted by molar-refractivity contribution is 0.0697. The first-order valence-electron chi connectivity index (χ1n) is 8.00. The normalized spacial score (nSPS) is 12.0. The monoisotopic (exact) mass is 318 g/mol. The van der Waals surface area contributed by atoms with Gasteiger partial charge in [0.1, 0.15) is 0 Å². The van der Waals surface area contributed by atoms with E-state index in [1.54, 1.807) is 12.1 Å². The molecule has 0 fully saturated rings. The molecule has 0 saturated carbocycles. The van der Waals surface area contributed by atoms with Crippen LogP contribution in [-0.2, 0) is 18.4 Å². The number of aryl methyl sites for hydroxylation is 1. The molecule has 0 spiro atoms. The van der Waals surface area contributed by atoms with E-state index in [-0.39, 0.29) is 12.0 Å². The highest BCUT2D eigenvalue weighted by molar-refractivity contribution is 5.97. The number of carbonyl (C=O) groups is 1. The zero-order valence-electron chi connectivity index (χ0n) is 14.1. The zero-order chi connectivity index (χ0) is 17.2. The number of hydrogen-bond donors (Lipinski definition) is 3. The molecular weight excluding hydrogens is 292 g/mol. The second kappa shape index (κ2) is 6.72. The number of fused-ring (bicyclic) bond motifs is 1. The van der Waals surface area contributed by atoms with Crippen LogP contribution in [-0.4, -0.2) is 33.9 Å². The number of carboxylic acids is 1. The van der Waals surface area contributed by atoms with Crippen LogP contribution in [0.1, 0.15) is 48.7 Å². The molecule has 0 atom stereocenters. The molecule has 1 aromatic carbocycles. The third kappa shape index (κ3) is 3.57. The summed E-state index contributed by atoms with van der Waals surface area (Å²) in [5.74, 6) is -0.919. The van der Waals surface area contributed by atoms with Crippen LogP contribution < -0.4 is 5.73 Å². The Balaban J connectivity index is 2.79. The predicted octanol–water partition coefficient (Wildman–Crippen LogP) is 2.52. The molecule has 0 saturated heterocycles. The van der Waals surface area contributed by atoms with Gasteiger partial charge in [-0.2, -0.15) is 0 Å². The first kappa shape index (κ1) is 17.5. The van der Waals surface area contributed by atoms with Gasteiger partial charge in [0, 0.05) is 18.1 Å². The maximum atomic E-state index is 11.5. The Labute approximate surface area is 136 Å². The molecule has 0 aliphatic heterocycles. The molecule has 5 nitrogen and oxygen atoms in total. The Morgan fingerprint density at radius 1 is 1.30 bits per heavy atom. The summed E-state index contributed by atoms with van der Waals surface area (Å²) in [6.07, 6.45) is 3.68. The van der Waals surface area contributed by atoms with Gasteiger partial charge in [0.25, 0.3) is 0 Å². The summed E-state index contributed by atoms with van der Waals surface area (Å²) in [4.78, 5) is 11.5. The second-order valence-corrected chi connectivity index (χ2v) is 6.94. The van der Waals surface area contributed by atoms with Crippen molar-refractivity contribution < 1.29 is 15.0 Å². The molecule has 0 aliphatic carbocycles. The Morgan fingerprint density at radius 2 is 2.00 bits per heavy atom. The number of aliphatic hydroxyl groups is 1. The quantitative estimate of drug-likeness (QED) is 0.763. The molecule has 2 rings (SSSR count). The van der Waals surface area contributed by atoms with Crippen molar-refractivity contribution in [1.82, 2.24) is 4.57 Å². The van der Waals surface area contributed by atoms with Crippen LogP contribution >= 0.6 is 0 Å². The van der Waals surface area contributed by atoms with Gasteiger partial charge in [-0.15, -0.1) is 0 Å². The average molecular weight is 318 g/mol. The van der Waals surface area contributed by atoms with Crippen LogP contribution in [0.25, 0.3) is 10.9 Å². The Bertz CT molecular complexity index is 711. The highest BCUT2D eigenvalue weighted by Crippen LogP contribution is 2.34. The first-order valence-corrected chi connectivity index (χ1v) is 8.00. The predicted molar refractivity (Wildman–Crippen MR) is 92.1 cm³/mol. The zero-order valence-corrected chi connectivity index (χ0v) is 14.1. The average Bonchev–Trinajstić information content (AvgIpc) is 2.81. The van der Waals surface area contributed by atoms with Crippen LogP contribution in [0.3, 0.4) is 0 Å². The number of aliphatic hydroxyl groups excluding tert-OH is 1. The Morgan fingerprint density at radius 3 is 2.52 bits per heavy atom. The minimum atomic E-state index is -0.919. The molecule has 5 heteroatoms. The third-order valence-corrected chi connectivity index (χ3v) is 4.10. The number of hydrogen-bond acceptors (Lipinski definition) is 3. The largest absolute Gasteiger partial charge is 0.478 e. The van der Waals surface area contributed by atoms with Crippen molar-refractivity contribution >= 4 is 16.9 Å². The molecule has 0 bridgehead atoms. The fraction of sp³-hybridized carbons (Fsp3) is 0.500. The molecule has 1 aromatic heterocycles. The lowest BCUT2D eigenvalue weighted by Gasteiger charge is -2.22. The van der Waals surface area contributed by atoms with Crippen molar-refractivity contribution in [3.63, 3.8) is 0 Å². The van der Waals surface area contributed by atoms with Gasteiger partial charge in [0.2, 0.25) is 0 Å². The van der Waals surface area contributed by atoms with E-state index in [1.165, 1.54) is 0 Å². The van der Waals surface area contributed by atoms with Crippen LogP contribution in [0.4, 0.5) is 0 Å². The molecule has 1 heterocycles. The third-order valence-electron chi connectivity index (χ3n) is 4.10. The Hall–Kier alpha value is -1.85. The van der Waals surface area contributed by atoms with E-state index in [1.807, 2.05) is 10.8 Å². The summed E-state index contributed by atoms with van der Waals surface area (Å²) in [7, 11) is 0. The summed E-state index contributed by atoms with van der Waals surface area (Å²) >= 11 is 0. The van der Waals surface area contributed by atoms with Gasteiger partial charge >= 0.3 is 5.97 Å². The lowest BCUT2D eigenvalue weighted by Crippen LogP contribution is -2.15. The highest BCUT2D eigenvalue weighted by atomic mass is 16.4. The molecule has 2 aromatic rings. The lowest BCUT2D eigenvalue weighted by atomic mass is 9.84. The summed E-state index contributed by atoms with van der Waals surface area (Å²) in [5, 5.41) is 19.8. The van der Waals surface area contributed by atoms with Crippen molar-refractivity contribution in [3.05, 3.63) is 35.0 Å². The maximum Gasteiger partial charge on any atom is 0.335 e. The second-order valence-electron chi connectivity index (χ2n) is 6.94. The van der Waals surface area contributed by atoms with Crippen LogP contribution in [0.5, 0.6) is 0 Å². The van der Waals surface area contributed by atoms with E-state index < -0.39 is 5.97 Å². The Kier molecular flexibility index (Phi) is 5.12. The van der Waals surface area contributed by atoms with Crippen molar-refractivity contribution in [2.45, 2.75) is 45.6 Å². The molecule has 126 valence electrons. The molecule has 0 amide bonds. The maximum absolute atomic E-state index is 11.5. The number of rotatable bonds is 6. The highest BCUT2D eigenvalue weighted by Gasteiger charge is 2.23. The number of benzene rings is 1. The van der Waals surface area contributed by atoms with Gasteiger partial charge in [-0.1, -0.05) is 20.8 Å². The summed E-state index contributed by atoms with van der Waals surface area (Å²) < 4.78 is 2.04. The SMILES string of the molecule is CC(C)(C)c1cc(C(=O)O)cc2c(CCCN)cn(CCO)c12. The van der Waals surface area contributed by atoms with Gasteiger partial charge in [-0.25, -0.2) is 4.79 Å². The molecule has 4 N–H and O–H groups in total. The van der Waals surface area contributed by atoms with Crippen LogP contribution in [0.2, 0.25) is 0 Å². The van der Waals surface area contributed by atoms with Gasteiger partial charge in [-0.05, 0) is 48.1 Å². The molecule has 0 radical (unpaired) electrons. The number of aromatic carboxylic acids is 1. The van der Waals surface area contributed by atoms with E-state index in [0.29, 0.717) is 18.7 Å². The van der Waals surface area contributed by atoms with Gasteiger partial charge in [0.15, 0.2) is 0 Å². The number of aromatic nitrogens is 1. The van der Waals surface area contributed by atoms with Crippen molar-refractivity contribution in [1.29, 1.82) is 0 Å². The number of nitrogens with two attached hydrogens (primary N) is 1. The van der Waals surface area contributed by atoms with E-state index in [0.717, 1.165) is 34.9 Å². The van der Waals surface area contributed by atoms with Crippen LogP contribution in [0, 0.1) is 0 Å². The molecular formula is C18H26N2O3. The summed E-state index contributed by atoms with van der Waals surface area (Å²) in [6, 6.07) is 3.50.